The lowest BCUT2D eigenvalue weighted by atomic mass is 10.3. The molecule has 0 spiro atoms. The van der Waals surface area contributed by atoms with E-state index < -0.39 is 11.6 Å². The second-order valence-electron chi connectivity index (χ2n) is 4.49. The Balaban J connectivity index is 2.08. The molecule has 0 bridgehead atoms. The van der Waals surface area contributed by atoms with Gasteiger partial charge in [-0.15, -0.1) is 0 Å². The summed E-state index contributed by atoms with van der Waals surface area (Å²) in [5.74, 6) is -1.62. The van der Waals surface area contributed by atoms with Gasteiger partial charge in [-0.05, 0) is 36.7 Å². The van der Waals surface area contributed by atoms with E-state index in [2.05, 4.69) is 17.2 Å². The second-order valence-corrected chi connectivity index (χ2v) is 4.89. The highest BCUT2D eigenvalue weighted by atomic mass is 35.5. The van der Waals surface area contributed by atoms with Crippen molar-refractivity contribution in [1.82, 2.24) is 10.3 Å². The minimum Gasteiger partial charge on any atom is -0.437 e. The maximum atomic E-state index is 13.1. The molecule has 0 atom stereocenters. The molecule has 0 saturated carbocycles. The van der Waals surface area contributed by atoms with Crippen LogP contribution in [-0.2, 0) is 6.54 Å². The van der Waals surface area contributed by atoms with Crippen LogP contribution in [0, 0.1) is 11.6 Å². The molecule has 0 aliphatic rings. The Morgan fingerprint density at radius 1 is 1.24 bits per heavy atom. The van der Waals surface area contributed by atoms with Gasteiger partial charge in [-0.25, -0.2) is 13.8 Å². The van der Waals surface area contributed by atoms with Crippen LogP contribution in [0.1, 0.15) is 18.9 Å². The van der Waals surface area contributed by atoms with E-state index in [4.69, 9.17) is 16.3 Å². The number of ether oxygens (including phenoxy) is 1. The molecule has 1 heterocycles. The van der Waals surface area contributed by atoms with Crippen LogP contribution in [0.5, 0.6) is 11.6 Å². The largest absolute Gasteiger partial charge is 0.437 e. The van der Waals surface area contributed by atoms with Gasteiger partial charge in [0.15, 0.2) is 11.6 Å². The van der Waals surface area contributed by atoms with Crippen LogP contribution in [0.2, 0.25) is 5.02 Å². The molecular formula is C15H15ClF2N2O. The molecule has 1 N–H and O–H groups in total. The Labute approximate surface area is 126 Å². The van der Waals surface area contributed by atoms with E-state index in [9.17, 15) is 8.78 Å². The Morgan fingerprint density at radius 3 is 2.71 bits per heavy atom. The van der Waals surface area contributed by atoms with Gasteiger partial charge in [0, 0.05) is 18.8 Å². The summed E-state index contributed by atoms with van der Waals surface area (Å²) < 4.78 is 31.3. The van der Waals surface area contributed by atoms with Crippen molar-refractivity contribution in [2.75, 3.05) is 6.54 Å². The summed E-state index contributed by atoms with van der Waals surface area (Å²) in [6, 6.07) is 4.98. The molecule has 1 aromatic carbocycles. The van der Waals surface area contributed by atoms with Crippen molar-refractivity contribution in [3.05, 3.63) is 52.7 Å². The number of hydrogen-bond acceptors (Lipinski definition) is 3. The molecule has 0 radical (unpaired) electrons. The summed E-state index contributed by atoms with van der Waals surface area (Å²) in [4.78, 5) is 4.09. The van der Waals surface area contributed by atoms with Gasteiger partial charge >= 0.3 is 0 Å². The van der Waals surface area contributed by atoms with Gasteiger partial charge in [-0.2, -0.15) is 0 Å². The van der Waals surface area contributed by atoms with Crippen LogP contribution >= 0.6 is 11.6 Å². The quantitative estimate of drug-likeness (QED) is 0.807. The molecule has 2 aromatic rings. The van der Waals surface area contributed by atoms with E-state index in [0.717, 1.165) is 30.7 Å². The number of aromatic nitrogens is 1. The predicted molar refractivity (Wildman–Crippen MR) is 77.7 cm³/mol. The van der Waals surface area contributed by atoms with E-state index in [1.165, 1.54) is 6.07 Å². The third-order valence-electron chi connectivity index (χ3n) is 2.73. The molecule has 2 rings (SSSR count). The maximum absolute atomic E-state index is 13.1. The smallest absolute Gasteiger partial charge is 0.238 e. The first-order chi connectivity index (χ1) is 10.1. The fourth-order valence-corrected chi connectivity index (χ4v) is 1.93. The first-order valence-electron chi connectivity index (χ1n) is 6.58. The van der Waals surface area contributed by atoms with Gasteiger partial charge in [0.1, 0.15) is 10.8 Å². The standard InChI is InChI=1S/C15H15ClF2N2O/c1-2-5-19-8-10-6-12(16)15(20-9-10)21-11-3-4-13(17)14(18)7-11/h3-4,6-7,9,19H,2,5,8H2,1H3. The third kappa shape index (κ3) is 4.37. The third-order valence-corrected chi connectivity index (χ3v) is 3.00. The Morgan fingerprint density at radius 2 is 2.05 bits per heavy atom. The number of benzene rings is 1. The maximum Gasteiger partial charge on any atom is 0.238 e. The topological polar surface area (TPSA) is 34.2 Å². The van der Waals surface area contributed by atoms with Crippen LogP contribution in [-0.4, -0.2) is 11.5 Å². The van der Waals surface area contributed by atoms with Crippen LogP contribution in [0.3, 0.4) is 0 Å². The van der Waals surface area contributed by atoms with Crippen molar-refractivity contribution < 1.29 is 13.5 Å². The number of nitrogens with one attached hydrogen (secondary N) is 1. The highest BCUT2D eigenvalue weighted by Gasteiger charge is 2.09. The summed E-state index contributed by atoms with van der Waals surface area (Å²) in [6.07, 6.45) is 2.67. The van der Waals surface area contributed by atoms with Crippen molar-refractivity contribution in [3.8, 4) is 11.6 Å². The summed E-state index contributed by atoms with van der Waals surface area (Å²) in [7, 11) is 0. The van der Waals surface area contributed by atoms with Crippen LogP contribution in [0.15, 0.2) is 30.5 Å². The van der Waals surface area contributed by atoms with Crippen molar-refractivity contribution >= 4 is 11.6 Å². The van der Waals surface area contributed by atoms with Crippen LogP contribution in [0.25, 0.3) is 0 Å². The number of hydrogen-bond donors (Lipinski definition) is 1. The average Bonchev–Trinajstić information content (AvgIpc) is 2.46. The lowest BCUT2D eigenvalue weighted by Crippen LogP contribution is -2.13. The summed E-state index contributed by atoms with van der Waals surface area (Å²) >= 11 is 6.08. The molecule has 0 fully saturated rings. The molecule has 1 aromatic heterocycles. The zero-order valence-electron chi connectivity index (χ0n) is 11.5. The van der Waals surface area contributed by atoms with E-state index in [-0.39, 0.29) is 11.6 Å². The van der Waals surface area contributed by atoms with Crippen molar-refractivity contribution in [1.29, 1.82) is 0 Å². The zero-order valence-corrected chi connectivity index (χ0v) is 12.3. The zero-order chi connectivity index (χ0) is 15.2. The first kappa shape index (κ1) is 15.7. The number of halogens is 3. The minimum absolute atomic E-state index is 0.139. The predicted octanol–water partition coefficient (Wildman–Crippen LogP) is 4.31. The van der Waals surface area contributed by atoms with Crippen molar-refractivity contribution in [2.45, 2.75) is 19.9 Å². The van der Waals surface area contributed by atoms with E-state index >= 15 is 0 Å². The van der Waals surface area contributed by atoms with E-state index in [0.29, 0.717) is 11.6 Å². The van der Waals surface area contributed by atoms with Crippen LogP contribution < -0.4 is 10.1 Å². The summed E-state index contributed by atoms with van der Waals surface area (Å²) in [5, 5.41) is 3.55. The first-order valence-corrected chi connectivity index (χ1v) is 6.96. The highest BCUT2D eigenvalue weighted by molar-refractivity contribution is 6.31. The number of nitrogens with zero attached hydrogens (tertiary/aromatic N) is 1. The molecule has 0 aliphatic carbocycles. The number of rotatable bonds is 6. The van der Waals surface area contributed by atoms with Gasteiger partial charge in [0.05, 0.1) is 0 Å². The second kappa shape index (κ2) is 7.33. The molecule has 112 valence electrons. The summed E-state index contributed by atoms with van der Waals surface area (Å²) in [5.41, 5.74) is 0.922. The van der Waals surface area contributed by atoms with E-state index in [1.807, 2.05) is 0 Å². The molecule has 0 unspecified atom stereocenters. The van der Waals surface area contributed by atoms with Crippen LogP contribution in [0.4, 0.5) is 8.78 Å². The molecule has 3 nitrogen and oxygen atoms in total. The minimum atomic E-state index is -0.982. The lowest BCUT2D eigenvalue weighted by molar-refractivity contribution is 0.447. The Kier molecular flexibility index (Phi) is 5.47. The lowest BCUT2D eigenvalue weighted by Gasteiger charge is -2.09. The molecular weight excluding hydrogens is 298 g/mol. The van der Waals surface area contributed by atoms with Crippen molar-refractivity contribution in [3.63, 3.8) is 0 Å². The summed E-state index contributed by atoms with van der Waals surface area (Å²) in [6.45, 7) is 3.65. The molecule has 21 heavy (non-hydrogen) atoms. The fraction of sp³-hybridized carbons (Fsp3) is 0.267. The molecule has 0 saturated heterocycles. The van der Waals surface area contributed by atoms with Crippen molar-refractivity contribution in [2.24, 2.45) is 0 Å². The van der Waals surface area contributed by atoms with Gasteiger partial charge in [0.25, 0.3) is 0 Å². The monoisotopic (exact) mass is 312 g/mol. The SMILES string of the molecule is CCCNCc1cnc(Oc2ccc(F)c(F)c2)c(Cl)c1. The van der Waals surface area contributed by atoms with Gasteiger partial charge in [0.2, 0.25) is 5.88 Å². The Bertz CT molecular complexity index is 623. The van der Waals surface area contributed by atoms with Gasteiger partial charge in [-0.3, -0.25) is 0 Å². The molecule has 0 amide bonds. The normalized spacial score (nSPS) is 10.7. The Hall–Kier alpha value is -1.72. The molecule has 0 aliphatic heterocycles. The molecule has 6 heteroatoms. The van der Waals surface area contributed by atoms with Gasteiger partial charge in [-0.1, -0.05) is 18.5 Å². The average molecular weight is 313 g/mol. The number of pyridine rings is 1. The fourth-order valence-electron chi connectivity index (χ4n) is 1.70. The van der Waals surface area contributed by atoms with Gasteiger partial charge < -0.3 is 10.1 Å². The highest BCUT2D eigenvalue weighted by Crippen LogP contribution is 2.28. The van der Waals surface area contributed by atoms with E-state index in [1.54, 1.807) is 12.3 Å².